The fourth-order valence-electron chi connectivity index (χ4n) is 8.23. The summed E-state index contributed by atoms with van der Waals surface area (Å²) in [7, 11) is 0. The van der Waals surface area contributed by atoms with Crippen molar-refractivity contribution in [2.45, 2.75) is 82.3 Å². The summed E-state index contributed by atoms with van der Waals surface area (Å²) in [6.45, 7) is 6.82. The number of aromatic nitrogens is 3. The average Bonchev–Trinajstić information content (AvgIpc) is 3.46. The van der Waals surface area contributed by atoms with Crippen molar-refractivity contribution in [3.63, 3.8) is 0 Å². The summed E-state index contributed by atoms with van der Waals surface area (Å²) < 4.78 is 2.53. The summed E-state index contributed by atoms with van der Waals surface area (Å²) in [5, 5.41) is 0. The van der Waals surface area contributed by atoms with E-state index >= 15 is 0 Å². The molecule has 0 radical (unpaired) electrons. The van der Waals surface area contributed by atoms with Crippen molar-refractivity contribution in [3.8, 4) is 0 Å². The van der Waals surface area contributed by atoms with Gasteiger partial charge in [-0.25, -0.2) is 9.97 Å². The Morgan fingerprint density at radius 2 is 1.54 bits per heavy atom. The minimum Gasteiger partial charge on any atom is -0.337 e. The van der Waals surface area contributed by atoms with E-state index in [9.17, 15) is 4.79 Å². The van der Waals surface area contributed by atoms with Gasteiger partial charge in [-0.15, -0.1) is 0 Å². The maximum Gasteiger partial charge on any atom is 0.272 e. The number of rotatable bonds is 6. The summed E-state index contributed by atoms with van der Waals surface area (Å²) in [6, 6.07) is 27.2. The normalized spacial score (nSPS) is 24.1. The van der Waals surface area contributed by atoms with Gasteiger partial charge in [0.15, 0.2) is 0 Å². The van der Waals surface area contributed by atoms with Crippen LogP contribution in [0.4, 0.5) is 0 Å². The zero-order valence-corrected chi connectivity index (χ0v) is 24.4. The molecular weight excluding hydrogens is 506 g/mol. The predicted molar refractivity (Wildman–Crippen MR) is 163 cm³/mol. The van der Waals surface area contributed by atoms with Crippen molar-refractivity contribution in [2.24, 2.45) is 0 Å². The van der Waals surface area contributed by atoms with Gasteiger partial charge in [0.1, 0.15) is 11.5 Å². The standard InChI is InChI=1S/C35H41N5O/c1-25-9-8-13-32(36-25)34(41)38-20-17-35(18-21-38,27-10-4-3-5-11-27)19-22-39-28-15-16-29(39)24-30(23-28)40-26(2)37-31-12-6-7-14-33(31)40/h3-14,28-30H,15-24H2,1-2H3/t28-,29+,30?. The molecule has 2 aromatic heterocycles. The fraction of sp³-hybridized carbons (Fsp3) is 0.457. The van der Waals surface area contributed by atoms with Crippen molar-refractivity contribution in [3.05, 3.63) is 95.6 Å². The van der Waals surface area contributed by atoms with E-state index in [0.29, 0.717) is 23.8 Å². The van der Waals surface area contributed by atoms with E-state index in [-0.39, 0.29) is 11.3 Å². The first-order valence-corrected chi connectivity index (χ1v) is 15.5. The molecule has 0 saturated carbocycles. The molecule has 2 aromatic carbocycles. The van der Waals surface area contributed by atoms with Crippen LogP contribution in [-0.2, 0) is 5.41 Å². The van der Waals surface area contributed by atoms with Crippen LogP contribution in [0.5, 0.6) is 0 Å². The summed E-state index contributed by atoms with van der Waals surface area (Å²) in [6.07, 6.45) is 8.17. The highest BCUT2D eigenvalue weighted by Gasteiger charge is 2.44. The summed E-state index contributed by atoms with van der Waals surface area (Å²) in [5.41, 5.74) is 5.40. The van der Waals surface area contributed by atoms with Gasteiger partial charge in [-0.05, 0) is 101 Å². The number of carbonyl (C=O) groups is 1. The van der Waals surface area contributed by atoms with Gasteiger partial charge in [0.2, 0.25) is 0 Å². The number of likely N-dealkylation sites (tertiary alicyclic amines) is 1. The molecule has 2 bridgehead atoms. The van der Waals surface area contributed by atoms with Crippen LogP contribution in [0.15, 0.2) is 72.8 Å². The molecule has 3 aliphatic heterocycles. The lowest BCUT2D eigenvalue weighted by Gasteiger charge is -2.45. The quantitative estimate of drug-likeness (QED) is 0.277. The largest absolute Gasteiger partial charge is 0.337 e. The van der Waals surface area contributed by atoms with Crippen LogP contribution in [0.3, 0.4) is 0 Å². The molecule has 0 spiro atoms. The van der Waals surface area contributed by atoms with Gasteiger partial charge in [-0.1, -0.05) is 48.5 Å². The molecule has 1 amide bonds. The Labute approximate surface area is 243 Å². The maximum atomic E-state index is 13.3. The van der Waals surface area contributed by atoms with Crippen LogP contribution in [0.1, 0.15) is 78.6 Å². The van der Waals surface area contributed by atoms with Gasteiger partial charge in [-0.2, -0.15) is 0 Å². The Balaban J connectivity index is 1.06. The van der Waals surface area contributed by atoms with E-state index < -0.39 is 0 Å². The number of hydrogen-bond acceptors (Lipinski definition) is 4. The topological polar surface area (TPSA) is 54.3 Å². The monoisotopic (exact) mass is 547 g/mol. The van der Waals surface area contributed by atoms with Crippen LogP contribution in [0.2, 0.25) is 0 Å². The smallest absolute Gasteiger partial charge is 0.272 e. The third kappa shape index (κ3) is 4.86. The highest BCUT2D eigenvalue weighted by atomic mass is 16.2. The minimum atomic E-state index is 0.0674. The predicted octanol–water partition coefficient (Wildman–Crippen LogP) is 6.48. The average molecular weight is 548 g/mol. The van der Waals surface area contributed by atoms with Gasteiger partial charge in [0.25, 0.3) is 5.91 Å². The zero-order chi connectivity index (χ0) is 28.0. The van der Waals surface area contributed by atoms with E-state index in [1.165, 1.54) is 36.8 Å². The SMILES string of the molecule is Cc1cccc(C(=O)N2CCC(CCN3[C@@H]4CC[C@H]3CC(n3c(C)nc5ccccc53)C4)(c3ccccc3)CC2)n1. The van der Waals surface area contributed by atoms with Crippen LogP contribution in [-0.4, -0.2) is 62.0 Å². The van der Waals surface area contributed by atoms with Crippen LogP contribution >= 0.6 is 0 Å². The first-order valence-electron chi connectivity index (χ1n) is 15.5. The van der Waals surface area contributed by atoms with Crippen molar-refractivity contribution < 1.29 is 4.79 Å². The lowest BCUT2D eigenvalue weighted by atomic mass is 9.70. The number of nitrogens with zero attached hydrogens (tertiary/aromatic N) is 5. The van der Waals surface area contributed by atoms with Crippen molar-refractivity contribution >= 4 is 16.9 Å². The number of carbonyl (C=O) groups excluding carboxylic acids is 1. The second-order valence-electron chi connectivity index (χ2n) is 12.6. The molecule has 4 aromatic rings. The summed E-state index contributed by atoms with van der Waals surface area (Å²) in [5.74, 6) is 1.21. The van der Waals surface area contributed by atoms with Crippen LogP contribution < -0.4 is 0 Å². The van der Waals surface area contributed by atoms with Gasteiger partial charge in [0, 0.05) is 36.9 Å². The van der Waals surface area contributed by atoms with Crippen molar-refractivity contribution in [1.82, 2.24) is 24.3 Å². The molecule has 3 fully saturated rings. The molecule has 3 aliphatic rings. The number of imidazole rings is 1. The van der Waals surface area contributed by atoms with E-state index in [2.05, 4.69) is 76.0 Å². The molecule has 3 atom stereocenters. The second-order valence-corrected chi connectivity index (χ2v) is 12.6. The molecule has 41 heavy (non-hydrogen) atoms. The van der Waals surface area contributed by atoms with E-state index in [1.54, 1.807) is 0 Å². The number of aryl methyl sites for hydroxylation is 2. The fourth-order valence-corrected chi connectivity index (χ4v) is 8.23. The third-order valence-electron chi connectivity index (χ3n) is 10.3. The molecule has 212 valence electrons. The number of pyridine rings is 1. The zero-order valence-electron chi connectivity index (χ0n) is 24.4. The maximum absolute atomic E-state index is 13.3. The lowest BCUT2D eigenvalue weighted by Crippen LogP contribution is -2.49. The molecule has 1 unspecified atom stereocenters. The van der Waals surface area contributed by atoms with Crippen LogP contribution in [0, 0.1) is 13.8 Å². The highest BCUT2D eigenvalue weighted by Crippen LogP contribution is 2.45. The molecule has 6 heteroatoms. The second kappa shape index (κ2) is 10.7. The van der Waals surface area contributed by atoms with Gasteiger partial charge in [0.05, 0.1) is 11.0 Å². The highest BCUT2D eigenvalue weighted by molar-refractivity contribution is 5.92. The first kappa shape index (κ1) is 26.4. The number of benzene rings is 2. The third-order valence-corrected chi connectivity index (χ3v) is 10.3. The molecule has 0 aliphatic carbocycles. The number of fused-ring (bicyclic) bond motifs is 3. The number of amides is 1. The van der Waals surface area contributed by atoms with Crippen LogP contribution in [0.25, 0.3) is 11.0 Å². The van der Waals surface area contributed by atoms with Gasteiger partial charge in [-0.3, -0.25) is 9.69 Å². The van der Waals surface area contributed by atoms with E-state index in [1.807, 2.05) is 30.0 Å². The molecule has 7 rings (SSSR count). The summed E-state index contributed by atoms with van der Waals surface area (Å²) in [4.78, 5) is 27.5. The Kier molecular flexibility index (Phi) is 6.90. The number of para-hydroxylation sites is 2. The lowest BCUT2D eigenvalue weighted by molar-refractivity contribution is 0.0602. The van der Waals surface area contributed by atoms with Crippen molar-refractivity contribution in [2.75, 3.05) is 19.6 Å². The molecule has 0 N–H and O–H groups in total. The van der Waals surface area contributed by atoms with E-state index in [0.717, 1.165) is 55.9 Å². The molecule has 3 saturated heterocycles. The molecule has 5 heterocycles. The Morgan fingerprint density at radius 3 is 2.27 bits per heavy atom. The minimum absolute atomic E-state index is 0.0674. The van der Waals surface area contributed by atoms with Crippen molar-refractivity contribution in [1.29, 1.82) is 0 Å². The summed E-state index contributed by atoms with van der Waals surface area (Å²) >= 11 is 0. The number of hydrogen-bond donors (Lipinski definition) is 0. The number of piperidine rings is 2. The van der Waals surface area contributed by atoms with Gasteiger partial charge < -0.3 is 9.47 Å². The molecular formula is C35H41N5O. The Hall–Kier alpha value is -3.51. The van der Waals surface area contributed by atoms with Gasteiger partial charge >= 0.3 is 0 Å². The Morgan fingerprint density at radius 1 is 0.829 bits per heavy atom. The first-order chi connectivity index (χ1) is 20.0. The molecule has 6 nitrogen and oxygen atoms in total. The Bertz CT molecular complexity index is 1520. The van der Waals surface area contributed by atoms with E-state index in [4.69, 9.17) is 4.98 Å².